The van der Waals surface area contributed by atoms with Gasteiger partial charge in [0.25, 0.3) is 0 Å². The maximum absolute atomic E-state index is 10.0. The minimum absolute atomic E-state index is 0.583. The van der Waals surface area contributed by atoms with Crippen LogP contribution in [0.1, 0.15) is 5.56 Å². The van der Waals surface area contributed by atoms with Crippen LogP contribution in [-0.4, -0.2) is 24.1 Å². The molecule has 10 aromatic rings. The molecule has 0 spiro atoms. The molecule has 0 saturated heterocycles. The van der Waals surface area contributed by atoms with E-state index in [0.29, 0.717) is 23.0 Å². The summed E-state index contributed by atoms with van der Waals surface area (Å²) in [5.74, 6) is 1.80. The van der Waals surface area contributed by atoms with E-state index in [9.17, 15) is 5.26 Å². The lowest BCUT2D eigenvalue weighted by atomic mass is 10.1. The van der Waals surface area contributed by atoms with Gasteiger partial charge in [-0.2, -0.15) is 5.26 Å². The molecule has 6 nitrogen and oxygen atoms in total. The van der Waals surface area contributed by atoms with E-state index in [1.165, 1.54) is 0 Å². The van der Waals surface area contributed by atoms with Gasteiger partial charge in [0, 0.05) is 43.9 Å². The fourth-order valence-corrected chi connectivity index (χ4v) is 7.52. The molecule has 0 aliphatic heterocycles. The highest BCUT2D eigenvalue weighted by molar-refractivity contribution is 6.26. The molecule has 0 bridgehead atoms. The third kappa shape index (κ3) is 4.61. The largest absolute Gasteiger partial charge is 0.309 e. The van der Waals surface area contributed by atoms with Gasteiger partial charge in [0.2, 0.25) is 0 Å². The van der Waals surface area contributed by atoms with Gasteiger partial charge >= 0.3 is 0 Å². The summed E-state index contributed by atoms with van der Waals surface area (Å²) in [4.78, 5) is 15.2. The predicted octanol–water partition coefficient (Wildman–Crippen LogP) is 10.9. The van der Waals surface area contributed by atoms with Gasteiger partial charge in [-0.25, -0.2) is 15.0 Å². The Balaban J connectivity index is 1.33. The van der Waals surface area contributed by atoms with Gasteiger partial charge in [0.15, 0.2) is 17.5 Å². The van der Waals surface area contributed by atoms with Crippen LogP contribution < -0.4 is 0 Å². The van der Waals surface area contributed by atoms with E-state index in [0.717, 1.165) is 71.7 Å². The Hall–Kier alpha value is -7.36. The maximum Gasteiger partial charge on any atom is 0.166 e. The summed E-state index contributed by atoms with van der Waals surface area (Å²) in [7, 11) is 0. The number of aromatic nitrogens is 5. The minimum atomic E-state index is 0.583. The summed E-state index contributed by atoms with van der Waals surface area (Å²) in [5, 5.41) is 14.4. The van der Waals surface area contributed by atoms with Crippen molar-refractivity contribution in [1.29, 1.82) is 5.26 Å². The molecule has 10 rings (SSSR count). The number of fused-ring (bicyclic) bond motifs is 7. The fourth-order valence-electron chi connectivity index (χ4n) is 7.52. The first-order valence-corrected chi connectivity index (χ1v) is 17.2. The van der Waals surface area contributed by atoms with Gasteiger partial charge < -0.3 is 9.13 Å². The summed E-state index contributed by atoms with van der Waals surface area (Å²) in [6.07, 6.45) is 0. The second-order valence-corrected chi connectivity index (χ2v) is 12.8. The summed E-state index contributed by atoms with van der Waals surface area (Å²) in [6, 6.07) is 60.2. The Morgan fingerprint density at radius 1 is 0.442 bits per heavy atom. The average Bonchev–Trinajstić information content (AvgIpc) is 3.74. The molecule has 6 heteroatoms. The van der Waals surface area contributed by atoms with Crippen LogP contribution in [0.4, 0.5) is 0 Å². The SMILES string of the molecule is N#Cc1ccc2c(c1)c1c(ccc3c4ccccc4n(-c4ccccc4-c4nc(-c5ccccc5)nc(-c5ccccc5)n4)c31)n2-c1ccccc1. The maximum atomic E-state index is 10.0. The molecule has 7 aromatic carbocycles. The molecular formula is C46H28N6. The van der Waals surface area contributed by atoms with E-state index < -0.39 is 0 Å². The molecule has 0 radical (unpaired) electrons. The number of nitrogens with zero attached hydrogens (tertiary/aromatic N) is 6. The van der Waals surface area contributed by atoms with Crippen molar-refractivity contribution in [3.63, 3.8) is 0 Å². The fraction of sp³-hybridized carbons (Fsp3) is 0. The first-order chi connectivity index (χ1) is 25.8. The van der Waals surface area contributed by atoms with Crippen LogP contribution in [0.5, 0.6) is 0 Å². The van der Waals surface area contributed by atoms with Crippen molar-refractivity contribution >= 4 is 43.6 Å². The van der Waals surface area contributed by atoms with E-state index in [1.807, 2.05) is 84.9 Å². The van der Waals surface area contributed by atoms with E-state index in [-0.39, 0.29) is 0 Å². The molecule has 3 heterocycles. The van der Waals surface area contributed by atoms with E-state index in [4.69, 9.17) is 15.0 Å². The van der Waals surface area contributed by atoms with Crippen LogP contribution in [-0.2, 0) is 0 Å². The Kier molecular flexibility index (Phi) is 6.76. The van der Waals surface area contributed by atoms with Crippen molar-refractivity contribution in [3.05, 3.63) is 175 Å². The van der Waals surface area contributed by atoms with E-state index in [1.54, 1.807) is 0 Å². The van der Waals surface area contributed by atoms with Gasteiger partial charge in [-0.15, -0.1) is 0 Å². The van der Waals surface area contributed by atoms with Crippen LogP contribution in [0.2, 0.25) is 0 Å². The van der Waals surface area contributed by atoms with Crippen LogP contribution >= 0.6 is 0 Å². The zero-order valence-electron chi connectivity index (χ0n) is 27.8. The normalized spacial score (nSPS) is 11.4. The molecule has 0 saturated carbocycles. The number of benzene rings is 7. The van der Waals surface area contributed by atoms with Crippen LogP contribution in [0, 0.1) is 11.3 Å². The Morgan fingerprint density at radius 3 is 1.73 bits per heavy atom. The van der Waals surface area contributed by atoms with Gasteiger partial charge in [-0.3, -0.25) is 0 Å². The molecular weight excluding hydrogens is 637 g/mol. The average molecular weight is 665 g/mol. The summed E-state index contributed by atoms with van der Waals surface area (Å²) in [6.45, 7) is 0. The zero-order chi connectivity index (χ0) is 34.6. The molecule has 242 valence electrons. The third-order valence-electron chi connectivity index (χ3n) is 9.79. The van der Waals surface area contributed by atoms with Crippen LogP contribution in [0.25, 0.3) is 89.2 Å². The van der Waals surface area contributed by atoms with E-state index in [2.05, 4.69) is 100 Å². The first-order valence-electron chi connectivity index (χ1n) is 17.2. The molecule has 0 unspecified atom stereocenters. The molecule has 0 N–H and O–H groups in total. The van der Waals surface area contributed by atoms with Crippen molar-refractivity contribution in [2.75, 3.05) is 0 Å². The third-order valence-corrected chi connectivity index (χ3v) is 9.79. The Bertz CT molecular complexity index is 2950. The van der Waals surface area contributed by atoms with E-state index >= 15 is 0 Å². The van der Waals surface area contributed by atoms with Gasteiger partial charge in [0.05, 0.1) is 39.4 Å². The lowest BCUT2D eigenvalue weighted by molar-refractivity contribution is 1.06. The van der Waals surface area contributed by atoms with Gasteiger partial charge in [-0.1, -0.05) is 115 Å². The highest BCUT2D eigenvalue weighted by Crippen LogP contribution is 2.43. The molecule has 0 aliphatic carbocycles. The lowest BCUT2D eigenvalue weighted by Gasteiger charge is -2.15. The summed E-state index contributed by atoms with van der Waals surface area (Å²) < 4.78 is 4.65. The lowest BCUT2D eigenvalue weighted by Crippen LogP contribution is -2.03. The summed E-state index contributed by atoms with van der Waals surface area (Å²) >= 11 is 0. The monoisotopic (exact) mass is 664 g/mol. The number of hydrogen-bond donors (Lipinski definition) is 0. The standard InChI is InChI=1S/C46H28N6/c47-29-30-24-26-40-37(28-30)42-41(51(40)33-18-8-3-9-19-33)27-25-35-34-20-10-12-22-38(34)52(43(35)42)39-23-13-11-21-36(39)46-49-44(31-14-4-1-5-15-31)48-45(50-46)32-16-6-2-7-17-32/h1-28H. The van der Waals surface area contributed by atoms with Gasteiger partial charge in [0.1, 0.15) is 0 Å². The van der Waals surface area contributed by atoms with Crippen LogP contribution in [0.3, 0.4) is 0 Å². The highest BCUT2D eigenvalue weighted by atomic mass is 15.1. The smallest absolute Gasteiger partial charge is 0.166 e. The number of hydrogen-bond acceptors (Lipinski definition) is 4. The highest BCUT2D eigenvalue weighted by Gasteiger charge is 2.23. The van der Waals surface area contributed by atoms with Crippen molar-refractivity contribution in [3.8, 4) is 51.6 Å². The number of para-hydroxylation sites is 3. The molecule has 0 amide bonds. The molecule has 0 aliphatic rings. The van der Waals surface area contributed by atoms with Crippen molar-refractivity contribution in [1.82, 2.24) is 24.1 Å². The molecule has 3 aromatic heterocycles. The van der Waals surface area contributed by atoms with Crippen molar-refractivity contribution < 1.29 is 0 Å². The van der Waals surface area contributed by atoms with Crippen LogP contribution in [0.15, 0.2) is 170 Å². The second-order valence-electron chi connectivity index (χ2n) is 12.8. The topological polar surface area (TPSA) is 72.3 Å². The zero-order valence-corrected chi connectivity index (χ0v) is 27.8. The van der Waals surface area contributed by atoms with Crippen molar-refractivity contribution in [2.24, 2.45) is 0 Å². The Morgan fingerprint density at radius 2 is 1.02 bits per heavy atom. The number of nitriles is 1. The first kappa shape index (κ1) is 29.5. The predicted molar refractivity (Wildman–Crippen MR) is 210 cm³/mol. The molecule has 0 fully saturated rings. The number of rotatable bonds is 5. The van der Waals surface area contributed by atoms with Gasteiger partial charge in [-0.05, 0) is 54.6 Å². The summed E-state index contributed by atoms with van der Waals surface area (Å²) in [5.41, 5.74) is 9.55. The Labute approximate surface area is 299 Å². The quantitative estimate of drug-likeness (QED) is 0.184. The molecule has 52 heavy (non-hydrogen) atoms. The minimum Gasteiger partial charge on any atom is -0.309 e. The second kappa shape index (κ2) is 11.9. The van der Waals surface area contributed by atoms with Crippen molar-refractivity contribution in [2.45, 2.75) is 0 Å². The molecule has 0 atom stereocenters.